The molecule has 3 rings (SSSR count). The van der Waals surface area contributed by atoms with Gasteiger partial charge in [-0.05, 0) is 82.2 Å². The van der Waals surface area contributed by atoms with E-state index in [1.807, 2.05) is 41.7 Å². The highest BCUT2D eigenvalue weighted by atomic mass is 32.1. The number of phenolic OH excluding ortho intramolecular Hbond substituents is 1. The van der Waals surface area contributed by atoms with Crippen LogP contribution in [-0.4, -0.2) is 113 Å². The monoisotopic (exact) mass is 913 g/mol. The number of ether oxygens (including phenoxy) is 3. The fourth-order valence-electron chi connectivity index (χ4n) is 7.97. The summed E-state index contributed by atoms with van der Waals surface area (Å²) in [6.45, 7) is 14.6. The molecule has 1 aromatic carbocycles. The zero-order valence-corrected chi connectivity index (χ0v) is 40.0. The van der Waals surface area contributed by atoms with Crippen molar-refractivity contribution in [2.75, 3.05) is 33.5 Å². The van der Waals surface area contributed by atoms with Crippen molar-refractivity contribution in [1.82, 2.24) is 25.4 Å². The molecular formula is C47H71N5O11S. The van der Waals surface area contributed by atoms with Gasteiger partial charge in [-0.1, -0.05) is 66.5 Å². The first-order chi connectivity index (χ1) is 30.4. The number of amides is 3. The van der Waals surface area contributed by atoms with Gasteiger partial charge in [0.05, 0.1) is 19.2 Å². The molecule has 64 heavy (non-hydrogen) atoms. The lowest BCUT2D eigenvalue weighted by molar-refractivity contribution is -0.161. The van der Waals surface area contributed by atoms with E-state index in [-0.39, 0.29) is 92.4 Å². The lowest BCUT2D eigenvalue weighted by Gasteiger charge is -2.39. The van der Waals surface area contributed by atoms with Gasteiger partial charge in [-0.3, -0.25) is 33.7 Å². The molecule has 1 aliphatic heterocycles. The first-order valence-corrected chi connectivity index (χ1v) is 23.6. The fourth-order valence-corrected chi connectivity index (χ4v) is 8.81. The molecule has 2 heterocycles. The predicted molar refractivity (Wildman–Crippen MR) is 242 cm³/mol. The maximum Gasteiger partial charge on any atom is 0.407 e. The third-order valence-corrected chi connectivity index (χ3v) is 12.8. The predicted octanol–water partition coefficient (Wildman–Crippen LogP) is 6.79. The van der Waals surface area contributed by atoms with E-state index in [9.17, 15) is 38.7 Å². The van der Waals surface area contributed by atoms with Gasteiger partial charge >= 0.3 is 18.0 Å². The van der Waals surface area contributed by atoms with Crippen molar-refractivity contribution in [3.05, 3.63) is 45.9 Å². The molecule has 1 aromatic heterocycles. The minimum Gasteiger partial charge on any atom is -0.508 e. The summed E-state index contributed by atoms with van der Waals surface area (Å²) in [5.41, 5.74) is 0.836. The molecule has 2 aromatic rings. The zero-order valence-electron chi connectivity index (χ0n) is 39.2. The maximum absolute atomic E-state index is 14.9. The molecule has 3 N–H and O–H groups in total. The van der Waals surface area contributed by atoms with Gasteiger partial charge in [0, 0.05) is 55.5 Å². The molecule has 16 nitrogen and oxygen atoms in total. The van der Waals surface area contributed by atoms with Crippen LogP contribution in [0, 0.1) is 23.7 Å². The summed E-state index contributed by atoms with van der Waals surface area (Å²) in [7, 11) is 1.94. The number of Topliss-reactive ketones (excluding diaryl/α,β-unsaturated/α-hetero) is 2. The highest BCUT2D eigenvalue weighted by Gasteiger charge is 2.39. The summed E-state index contributed by atoms with van der Waals surface area (Å²) in [4.78, 5) is 101. The van der Waals surface area contributed by atoms with Crippen LogP contribution in [0.2, 0.25) is 0 Å². The Kier molecular flexibility index (Phi) is 22.4. The number of likely N-dealkylation sites (tertiary alicyclic amines) is 1. The number of benzene rings is 1. The van der Waals surface area contributed by atoms with Crippen molar-refractivity contribution in [3.63, 3.8) is 0 Å². The van der Waals surface area contributed by atoms with Gasteiger partial charge in [0.1, 0.15) is 16.5 Å². The van der Waals surface area contributed by atoms with Gasteiger partial charge in [0.2, 0.25) is 5.91 Å². The molecule has 17 heteroatoms. The van der Waals surface area contributed by atoms with Crippen LogP contribution in [0.15, 0.2) is 29.6 Å². The van der Waals surface area contributed by atoms with Gasteiger partial charge in [0.15, 0.2) is 24.4 Å². The van der Waals surface area contributed by atoms with Gasteiger partial charge in [0.25, 0.3) is 5.91 Å². The SMILES string of the molecule is CCCC(=O)OCN(C(=O)[C@@H](CC(=O)[C@H]1CCCCN1C)C(C)CC)[C@H](C[C@@H](OC(C)=O)c1nc(C(=O)N[C@@H](Cc2ccc(O)cc2)C[C@H](C)C(=O)CNC(=O)OCC)cs1)C(C)C. The largest absolute Gasteiger partial charge is 0.508 e. The standard InChI is InChI=1S/C47H71N5O11S/c1-10-15-43(57)62-28-52(46(59)36(30(6)11-2)24-40(55)38-16-13-14-21-51(38)9)39(29(4)5)25-42(63-32(8)53)45-50-37(27-64-45)44(58)49-34(23-33-17-19-35(54)20-18-33)22-31(7)41(56)26-48-47(60)61-12-3/h17-20,27,29-31,34,36,38-39,42,54H,10-16,21-26,28H2,1-9H3,(H,48,60)(H,49,58)/t30?,31-,34+,36-,38+,39+,42+/m0/s1. The number of ketones is 2. The lowest BCUT2D eigenvalue weighted by Crippen LogP contribution is -2.50. The zero-order chi connectivity index (χ0) is 47.5. The quantitative estimate of drug-likeness (QED) is 0.0505. The van der Waals surface area contributed by atoms with E-state index in [0.29, 0.717) is 24.3 Å². The van der Waals surface area contributed by atoms with E-state index >= 15 is 0 Å². The van der Waals surface area contributed by atoms with Crippen LogP contribution < -0.4 is 10.6 Å². The molecule has 0 saturated carbocycles. The first kappa shape index (κ1) is 53.4. The summed E-state index contributed by atoms with van der Waals surface area (Å²) in [6.07, 6.45) is 2.94. The molecule has 1 unspecified atom stereocenters. The van der Waals surface area contributed by atoms with E-state index in [4.69, 9.17) is 14.2 Å². The molecule has 7 atom stereocenters. The molecule has 3 amide bonds. The number of alkyl carbamates (subject to hydrolysis) is 1. The van der Waals surface area contributed by atoms with Crippen LogP contribution in [0.3, 0.4) is 0 Å². The molecule has 356 valence electrons. The summed E-state index contributed by atoms with van der Waals surface area (Å²) in [5.74, 6) is -3.79. The average Bonchev–Trinajstić information content (AvgIpc) is 3.75. The Morgan fingerprint density at radius 1 is 0.984 bits per heavy atom. The smallest absolute Gasteiger partial charge is 0.407 e. The molecule has 0 aliphatic carbocycles. The van der Waals surface area contributed by atoms with Crippen LogP contribution in [0.25, 0.3) is 0 Å². The highest BCUT2D eigenvalue weighted by molar-refractivity contribution is 7.09. The van der Waals surface area contributed by atoms with Crippen molar-refractivity contribution in [2.24, 2.45) is 23.7 Å². The second kappa shape index (κ2) is 26.8. The van der Waals surface area contributed by atoms with Crippen molar-refractivity contribution < 1.29 is 52.9 Å². The number of aromatic nitrogens is 1. The van der Waals surface area contributed by atoms with Crippen molar-refractivity contribution in [1.29, 1.82) is 0 Å². The minimum atomic E-state index is -1.00. The number of likely N-dealkylation sites (N-methyl/N-ethyl adjacent to an activating group) is 1. The average molecular weight is 914 g/mol. The van der Waals surface area contributed by atoms with E-state index in [1.165, 1.54) is 24.0 Å². The Bertz CT molecular complexity index is 1850. The number of rotatable bonds is 26. The number of carbonyl (C=O) groups is 7. The number of esters is 2. The molecule has 0 bridgehead atoms. The van der Waals surface area contributed by atoms with Gasteiger partial charge < -0.3 is 34.9 Å². The normalized spacial score (nSPS) is 16.9. The van der Waals surface area contributed by atoms with Gasteiger partial charge in [-0.2, -0.15) is 0 Å². The topological polar surface area (TPSA) is 211 Å². The van der Waals surface area contributed by atoms with Crippen LogP contribution in [-0.2, 0) is 44.6 Å². The Hall–Kier alpha value is -4.90. The number of thiazole rings is 1. The second-order valence-corrected chi connectivity index (χ2v) is 18.2. The number of nitrogens with zero attached hydrogens (tertiary/aromatic N) is 3. The number of aromatic hydroxyl groups is 1. The third-order valence-electron chi connectivity index (χ3n) is 11.9. The van der Waals surface area contributed by atoms with Crippen LogP contribution in [0.1, 0.15) is 140 Å². The fraction of sp³-hybridized carbons (Fsp3) is 0.660. The molecule has 1 fully saturated rings. The number of nitrogens with one attached hydrogen (secondary N) is 2. The van der Waals surface area contributed by atoms with E-state index < -0.39 is 54.0 Å². The van der Waals surface area contributed by atoms with Crippen LogP contribution >= 0.6 is 11.3 Å². The number of piperidine rings is 1. The van der Waals surface area contributed by atoms with Crippen molar-refractivity contribution in [3.8, 4) is 5.75 Å². The molecule has 0 spiro atoms. The van der Waals surface area contributed by atoms with E-state index in [1.54, 1.807) is 31.4 Å². The minimum absolute atomic E-state index is 0.00799. The Balaban J connectivity index is 1.94. The Labute approximate surface area is 382 Å². The number of phenols is 1. The Morgan fingerprint density at radius 2 is 1.69 bits per heavy atom. The van der Waals surface area contributed by atoms with Crippen LogP contribution in [0.5, 0.6) is 5.75 Å². The lowest BCUT2D eigenvalue weighted by atomic mass is 9.82. The summed E-state index contributed by atoms with van der Waals surface area (Å²) >= 11 is 1.11. The summed E-state index contributed by atoms with van der Waals surface area (Å²) in [6, 6.07) is 5.00. The molecule has 0 radical (unpaired) electrons. The summed E-state index contributed by atoms with van der Waals surface area (Å²) < 4.78 is 16.4. The Morgan fingerprint density at radius 3 is 2.30 bits per heavy atom. The summed E-state index contributed by atoms with van der Waals surface area (Å²) in [5, 5.41) is 17.1. The van der Waals surface area contributed by atoms with Gasteiger partial charge in [-0.15, -0.1) is 11.3 Å². The van der Waals surface area contributed by atoms with Crippen molar-refractivity contribution in [2.45, 2.75) is 144 Å². The molecule has 1 aliphatic rings. The number of hydrogen-bond acceptors (Lipinski definition) is 14. The van der Waals surface area contributed by atoms with Gasteiger partial charge in [-0.25, -0.2) is 9.78 Å². The molecule has 1 saturated heterocycles. The first-order valence-electron chi connectivity index (χ1n) is 22.7. The van der Waals surface area contributed by atoms with E-state index in [2.05, 4.69) is 20.5 Å². The third kappa shape index (κ3) is 16.9. The highest BCUT2D eigenvalue weighted by Crippen LogP contribution is 2.34. The van der Waals surface area contributed by atoms with Crippen molar-refractivity contribution >= 4 is 52.7 Å². The van der Waals surface area contributed by atoms with E-state index in [0.717, 1.165) is 42.7 Å². The maximum atomic E-state index is 14.9. The number of carbonyl (C=O) groups excluding carboxylic acids is 7. The second-order valence-electron chi connectivity index (χ2n) is 17.3. The van der Waals surface area contributed by atoms with Crippen LogP contribution in [0.4, 0.5) is 4.79 Å². The molecular weight excluding hydrogens is 843 g/mol. The number of hydrogen-bond donors (Lipinski definition) is 3.